The van der Waals surface area contributed by atoms with Crippen LogP contribution in [0.15, 0.2) is 53.1 Å². The van der Waals surface area contributed by atoms with Gasteiger partial charge < -0.3 is 20.4 Å². The van der Waals surface area contributed by atoms with Gasteiger partial charge in [0, 0.05) is 59.4 Å². The average Bonchev–Trinajstić information content (AvgIpc) is 2.75. The first-order chi connectivity index (χ1) is 14.9. The van der Waals surface area contributed by atoms with E-state index in [1.54, 1.807) is 41.4 Å². The fraction of sp³-hybridized carbons (Fsp3) is 0.227. The predicted octanol–water partition coefficient (Wildman–Crippen LogP) is 2.95. The lowest BCUT2D eigenvalue weighted by molar-refractivity contribution is -0.114. The molecule has 0 atom stereocenters. The van der Waals surface area contributed by atoms with Crippen molar-refractivity contribution in [3.05, 3.63) is 64.3 Å². The molecule has 1 fully saturated rings. The Morgan fingerprint density at radius 2 is 1.65 bits per heavy atom. The van der Waals surface area contributed by atoms with E-state index in [9.17, 15) is 14.4 Å². The number of urea groups is 1. The fourth-order valence-corrected chi connectivity index (χ4v) is 3.82. The maximum atomic E-state index is 12.4. The highest BCUT2D eigenvalue weighted by Gasteiger charge is 2.27. The number of fused-ring (bicyclic) bond motifs is 1. The Balaban J connectivity index is 1.44. The van der Waals surface area contributed by atoms with Crippen LogP contribution in [0, 0.1) is 0 Å². The molecule has 0 unspecified atom stereocenters. The molecule has 3 N–H and O–H groups in total. The molecule has 0 radical (unpaired) electrons. The van der Waals surface area contributed by atoms with E-state index in [0.29, 0.717) is 35.5 Å². The van der Waals surface area contributed by atoms with Crippen molar-refractivity contribution in [3.8, 4) is 0 Å². The lowest BCUT2D eigenvalue weighted by atomic mass is 9.95. The summed E-state index contributed by atoms with van der Waals surface area (Å²) in [6, 6.07) is 12.3. The Hall–Kier alpha value is -3.17. The number of nitrogens with zero attached hydrogens (tertiary/aromatic N) is 2. The second-order valence-corrected chi connectivity index (χ2v) is 8.39. The second-order valence-electron chi connectivity index (χ2n) is 7.47. The minimum Gasteiger partial charge on any atom is -0.361 e. The van der Waals surface area contributed by atoms with Crippen molar-refractivity contribution in [2.45, 2.75) is 0 Å². The summed E-state index contributed by atoms with van der Waals surface area (Å²) in [5.74, 6) is -0.871. The number of hydrogen-bond acceptors (Lipinski definition) is 5. The quantitative estimate of drug-likeness (QED) is 0.460. The van der Waals surface area contributed by atoms with Gasteiger partial charge in [0.25, 0.3) is 11.8 Å². The zero-order valence-electron chi connectivity index (χ0n) is 16.9. The van der Waals surface area contributed by atoms with Crippen LogP contribution in [-0.2, 0) is 4.79 Å². The van der Waals surface area contributed by atoms with Crippen LogP contribution >= 0.6 is 15.9 Å². The topological polar surface area (TPSA) is 93.8 Å². The Labute approximate surface area is 188 Å². The van der Waals surface area contributed by atoms with Gasteiger partial charge in [-0.05, 0) is 49.5 Å². The molecule has 0 aliphatic carbocycles. The molecule has 2 aliphatic rings. The van der Waals surface area contributed by atoms with Gasteiger partial charge in [0.1, 0.15) is 0 Å². The van der Waals surface area contributed by atoms with Gasteiger partial charge in [-0.1, -0.05) is 15.9 Å². The van der Waals surface area contributed by atoms with Crippen LogP contribution in [0.2, 0.25) is 0 Å². The first kappa shape index (κ1) is 21.1. The number of piperazine rings is 1. The normalized spacial score (nSPS) is 17.9. The number of likely N-dealkylation sites (N-methyl/N-ethyl adjacent to an activating group) is 1. The summed E-state index contributed by atoms with van der Waals surface area (Å²) in [4.78, 5) is 40.8. The van der Waals surface area contributed by atoms with Crippen molar-refractivity contribution in [3.63, 3.8) is 0 Å². The largest absolute Gasteiger partial charge is 0.361 e. The molecule has 2 aliphatic heterocycles. The van der Waals surface area contributed by atoms with Gasteiger partial charge in [-0.2, -0.15) is 0 Å². The number of amides is 4. The lowest BCUT2D eigenvalue weighted by Crippen LogP contribution is -2.48. The molecule has 4 rings (SSSR count). The van der Waals surface area contributed by atoms with Gasteiger partial charge >= 0.3 is 6.03 Å². The number of rotatable bonds is 3. The van der Waals surface area contributed by atoms with E-state index in [1.165, 1.54) is 0 Å². The molecule has 0 saturated carbocycles. The third kappa shape index (κ3) is 4.78. The van der Waals surface area contributed by atoms with E-state index in [-0.39, 0.29) is 6.03 Å². The van der Waals surface area contributed by atoms with Gasteiger partial charge in [-0.3, -0.25) is 14.9 Å². The molecule has 31 heavy (non-hydrogen) atoms. The summed E-state index contributed by atoms with van der Waals surface area (Å²) in [5.41, 5.74) is 2.80. The average molecular weight is 484 g/mol. The van der Waals surface area contributed by atoms with Gasteiger partial charge in [0.05, 0.1) is 5.57 Å². The van der Waals surface area contributed by atoms with E-state index < -0.39 is 11.8 Å². The number of carbonyl (C=O) groups excluding carboxylic acids is 3. The van der Waals surface area contributed by atoms with Crippen LogP contribution in [0.3, 0.4) is 0 Å². The first-order valence-corrected chi connectivity index (χ1v) is 10.7. The highest BCUT2D eigenvalue weighted by molar-refractivity contribution is 9.10. The molecule has 4 amide bonds. The molecule has 2 heterocycles. The van der Waals surface area contributed by atoms with Crippen molar-refractivity contribution >= 4 is 50.7 Å². The summed E-state index contributed by atoms with van der Waals surface area (Å²) in [7, 11) is 2.04. The third-order valence-electron chi connectivity index (χ3n) is 5.30. The van der Waals surface area contributed by atoms with E-state index in [4.69, 9.17) is 0 Å². The van der Waals surface area contributed by atoms with Crippen LogP contribution in [0.5, 0.6) is 0 Å². The minimum absolute atomic E-state index is 0.110. The first-order valence-electron chi connectivity index (χ1n) is 9.87. The van der Waals surface area contributed by atoms with Crippen LogP contribution in [0.4, 0.5) is 16.2 Å². The highest BCUT2D eigenvalue weighted by Crippen LogP contribution is 2.27. The Morgan fingerprint density at radius 3 is 2.35 bits per heavy atom. The predicted molar refractivity (Wildman–Crippen MR) is 123 cm³/mol. The fourth-order valence-electron chi connectivity index (χ4n) is 3.46. The number of halogens is 1. The van der Waals surface area contributed by atoms with Crippen LogP contribution < -0.4 is 16.0 Å². The molecule has 0 aromatic heterocycles. The Bertz CT molecular complexity index is 1060. The molecule has 9 heteroatoms. The number of benzene rings is 2. The zero-order valence-corrected chi connectivity index (χ0v) is 18.5. The highest BCUT2D eigenvalue weighted by atomic mass is 79.9. The second kappa shape index (κ2) is 8.91. The van der Waals surface area contributed by atoms with E-state index >= 15 is 0 Å². The van der Waals surface area contributed by atoms with Crippen molar-refractivity contribution < 1.29 is 14.4 Å². The minimum atomic E-state index is -0.459. The van der Waals surface area contributed by atoms with Gasteiger partial charge in [-0.25, -0.2) is 4.79 Å². The molecule has 2 aromatic carbocycles. The molecule has 2 aromatic rings. The van der Waals surface area contributed by atoms with E-state index in [1.807, 2.05) is 19.2 Å². The monoisotopic (exact) mass is 483 g/mol. The number of hydrogen-bond donors (Lipinski definition) is 3. The molecule has 0 spiro atoms. The Kier molecular flexibility index (Phi) is 6.06. The molecule has 0 bridgehead atoms. The third-order valence-corrected chi connectivity index (χ3v) is 5.79. The maximum absolute atomic E-state index is 12.4. The Morgan fingerprint density at radius 1 is 0.968 bits per heavy atom. The molecule has 160 valence electrons. The SMILES string of the molecule is CN1CCN(C(=O)Nc2ccc(NC=C3C(=O)NC(=O)c4ccc(Br)cc43)cc2)CC1. The lowest BCUT2D eigenvalue weighted by Gasteiger charge is -2.32. The van der Waals surface area contributed by atoms with Crippen LogP contribution in [-0.4, -0.2) is 60.9 Å². The summed E-state index contributed by atoms with van der Waals surface area (Å²) in [6.45, 7) is 3.14. The number of nitrogens with one attached hydrogen (secondary N) is 3. The summed E-state index contributed by atoms with van der Waals surface area (Å²) < 4.78 is 0.778. The standard InChI is InChI=1S/C22H22BrN5O3/c1-27-8-10-28(11-9-27)22(31)25-16-5-3-15(4-6-16)24-13-19-18-12-14(23)2-7-17(18)20(29)26-21(19)30/h2-7,12-13,24H,8-11H2,1H3,(H,25,31)(H,26,29,30). The van der Waals surface area contributed by atoms with E-state index in [2.05, 4.69) is 36.8 Å². The summed E-state index contributed by atoms with van der Waals surface area (Å²) >= 11 is 3.38. The van der Waals surface area contributed by atoms with Crippen LogP contribution in [0.1, 0.15) is 15.9 Å². The van der Waals surface area contributed by atoms with Crippen molar-refractivity contribution in [1.82, 2.24) is 15.1 Å². The van der Waals surface area contributed by atoms with Gasteiger partial charge in [0.15, 0.2) is 0 Å². The van der Waals surface area contributed by atoms with Gasteiger partial charge in [0.2, 0.25) is 0 Å². The number of anilines is 2. The summed E-state index contributed by atoms with van der Waals surface area (Å²) in [5, 5.41) is 8.35. The molecule has 1 saturated heterocycles. The van der Waals surface area contributed by atoms with Gasteiger partial charge in [-0.15, -0.1) is 0 Å². The van der Waals surface area contributed by atoms with Crippen LogP contribution in [0.25, 0.3) is 5.57 Å². The van der Waals surface area contributed by atoms with Crippen molar-refractivity contribution in [2.24, 2.45) is 0 Å². The number of carbonyl (C=O) groups is 3. The zero-order chi connectivity index (χ0) is 22.0. The number of imide groups is 1. The van der Waals surface area contributed by atoms with Crippen molar-refractivity contribution in [1.29, 1.82) is 0 Å². The molecular formula is C22H22BrN5O3. The molecule has 8 nitrogen and oxygen atoms in total. The smallest absolute Gasteiger partial charge is 0.321 e. The molecular weight excluding hydrogens is 462 g/mol. The van der Waals surface area contributed by atoms with E-state index in [0.717, 1.165) is 23.2 Å². The maximum Gasteiger partial charge on any atom is 0.321 e. The summed E-state index contributed by atoms with van der Waals surface area (Å²) in [6.07, 6.45) is 1.57. The van der Waals surface area contributed by atoms with Crippen molar-refractivity contribution in [2.75, 3.05) is 43.9 Å².